The second-order valence-corrected chi connectivity index (χ2v) is 5.29. The molecule has 6 heteroatoms. The summed E-state index contributed by atoms with van der Waals surface area (Å²) < 4.78 is 65.5. The average Bonchev–Trinajstić information content (AvgIpc) is 2.54. The van der Waals surface area contributed by atoms with Gasteiger partial charge in [-0.2, -0.15) is 8.78 Å². The Labute approximate surface area is 138 Å². The maximum atomic E-state index is 14.1. The molecule has 0 bridgehead atoms. The van der Waals surface area contributed by atoms with Crippen LogP contribution in [0.4, 0.5) is 17.6 Å². The van der Waals surface area contributed by atoms with E-state index in [0.717, 1.165) is 11.6 Å². The van der Waals surface area contributed by atoms with Gasteiger partial charge in [0.2, 0.25) is 11.6 Å². The summed E-state index contributed by atoms with van der Waals surface area (Å²) >= 11 is 0. The summed E-state index contributed by atoms with van der Waals surface area (Å²) in [5.41, 5.74) is 0.729. The van der Waals surface area contributed by atoms with Crippen molar-refractivity contribution in [1.29, 1.82) is 0 Å². The molecule has 0 unspecified atom stereocenters. The van der Waals surface area contributed by atoms with Gasteiger partial charge in [0.1, 0.15) is 0 Å². The van der Waals surface area contributed by atoms with Crippen LogP contribution >= 0.6 is 0 Å². The summed E-state index contributed by atoms with van der Waals surface area (Å²) in [6.45, 7) is 3.16. The highest BCUT2D eigenvalue weighted by molar-refractivity contribution is 5.35. The molecule has 0 saturated carbocycles. The molecule has 0 aliphatic carbocycles. The van der Waals surface area contributed by atoms with Crippen molar-refractivity contribution in [3.63, 3.8) is 0 Å². The largest absolute Gasteiger partial charge is 0.491 e. The third-order valence-corrected chi connectivity index (χ3v) is 3.46. The van der Waals surface area contributed by atoms with Crippen molar-refractivity contribution in [2.24, 2.45) is 0 Å². The van der Waals surface area contributed by atoms with Crippen LogP contribution in [0.3, 0.4) is 0 Å². The summed E-state index contributed by atoms with van der Waals surface area (Å²) in [5, 5.41) is 0. The molecule has 0 N–H and O–H groups in total. The van der Waals surface area contributed by atoms with Crippen LogP contribution < -0.4 is 9.47 Å². The maximum absolute atomic E-state index is 14.1. The second-order valence-electron chi connectivity index (χ2n) is 5.29. The number of ether oxygens (including phenoxy) is 2. The van der Waals surface area contributed by atoms with Gasteiger partial charge in [-0.05, 0) is 26.0 Å². The maximum Gasteiger partial charge on any atom is 0.276 e. The van der Waals surface area contributed by atoms with Crippen molar-refractivity contribution < 1.29 is 27.0 Å². The van der Waals surface area contributed by atoms with Gasteiger partial charge in [0.15, 0.2) is 11.5 Å². The first-order valence-electron chi connectivity index (χ1n) is 7.53. The van der Waals surface area contributed by atoms with E-state index in [2.05, 4.69) is 0 Å². The van der Waals surface area contributed by atoms with Gasteiger partial charge < -0.3 is 9.47 Å². The Kier molecular flexibility index (Phi) is 5.70. The summed E-state index contributed by atoms with van der Waals surface area (Å²) in [4.78, 5) is 0. The van der Waals surface area contributed by atoms with Crippen molar-refractivity contribution in [2.45, 2.75) is 26.2 Å². The molecule has 0 aromatic heterocycles. The molecule has 0 atom stereocenters. The second kappa shape index (κ2) is 7.55. The number of alkyl halides is 2. The molecule has 2 rings (SSSR count). The van der Waals surface area contributed by atoms with E-state index in [0.29, 0.717) is 0 Å². The molecular weight excluding hydrogens is 324 g/mol. The lowest BCUT2D eigenvalue weighted by molar-refractivity contribution is -0.0246. The number of aryl methyl sites for hydroxylation is 1. The van der Waals surface area contributed by atoms with Gasteiger partial charge in [0.05, 0.1) is 13.2 Å². The molecular formula is C18H18F4O2. The monoisotopic (exact) mass is 342 g/mol. The number of hydrogen-bond acceptors (Lipinski definition) is 2. The zero-order chi connectivity index (χ0) is 17.7. The number of hydrogen-bond donors (Lipinski definition) is 0. The Morgan fingerprint density at radius 2 is 1.42 bits per heavy atom. The summed E-state index contributed by atoms with van der Waals surface area (Å²) in [6.07, 6.45) is -0.648. The molecule has 0 aliphatic rings. The zero-order valence-corrected chi connectivity index (χ0v) is 13.4. The molecule has 0 amide bonds. The predicted octanol–water partition coefficient (Wildman–Crippen LogP) is 5.23. The quantitative estimate of drug-likeness (QED) is 0.641. The van der Waals surface area contributed by atoms with Gasteiger partial charge in [-0.15, -0.1) is 0 Å². The van der Waals surface area contributed by atoms with Crippen LogP contribution in [0.15, 0.2) is 36.4 Å². The lowest BCUT2D eigenvalue weighted by Crippen LogP contribution is -2.17. The van der Waals surface area contributed by atoms with Crippen LogP contribution in [0.1, 0.15) is 24.5 Å². The van der Waals surface area contributed by atoms with E-state index < -0.39 is 36.3 Å². The highest BCUT2D eigenvalue weighted by Gasteiger charge is 2.31. The lowest BCUT2D eigenvalue weighted by atomic mass is 10.0. The SMILES string of the molecule is CCOc1ccc(OCCC(F)(F)c2ccc(C)cc2)c(F)c1F. The molecule has 130 valence electrons. The Balaban J connectivity index is 2.01. The van der Waals surface area contributed by atoms with E-state index in [4.69, 9.17) is 9.47 Å². The zero-order valence-electron chi connectivity index (χ0n) is 13.4. The van der Waals surface area contributed by atoms with Gasteiger partial charge in [-0.25, -0.2) is 8.78 Å². The van der Waals surface area contributed by atoms with Gasteiger partial charge in [-0.1, -0.05) is 29.8 Å². The van der Waals surface area contributed by atoms with Gasteiger partial charge in [0, 0.05) is 12.0 Å². The highest BCUT2D eigenvalue weighted by atomic mass is 19.3. The van der Waals surface area contributed by atoms with Crippen molar-refractivity contribution in [3.05, 3.63) is 59.2 Å². The van der Waals surface area contributed by atoms with Crippen molar-refractivity contribution >= 4 is 0 Å². The fraction of sp³-hybridized carbons (Fsp3) is 0.333. The van der Waals surface area contributed by atoms with E-state index in [-0.39, 0.29) is 17.9 Å². The normalized spacial score (nSPS) is 11.4. The molecule has 2 aromatic carbocycles. The Morgan fingerprint density at radius 3 is 1.96 bits per heavy atom. The Bertz CT molecular complexity index is 684. The minimum Gasteiger partial charge on any atom is -0.491 e. The molecule has 2 nitrogen and oxygen atoms in total. The summed E-state index contributed by atoms with van der Waals surface area (Å²) in [6, 6.07) is 8.22. The van der Waals surface area contributed by atoms with E-state index in [1.807, 2.05) is 0 Å². The summed E-state index contributed by atoms with van der Waals surface area (Å²) in [7, 11) is 0. The molecule has 2 aromatic rings. The van der Waals surface area contributed by atoms with Gasteiger partial charge in [0.25, 0.3) is 5.92 Å². The minimum absolute atomic E-state index is 0.143. The molecule has 0 fully saturated rings. The smallest absolute Gasteiger partial charge is 0.276 e. The fourth-order valence-corrected chi connectivity index (χ4v) is 2.12. The molecule has 0 radical (unpaired) electrons. The van der Waals surface area contributed by atoms with E-state index in [1.165, 1.54) is 18.2 Å². The van der Waals surface area contributed by atoms with E-state index >= 15 is 0 Å². The lowest BCUT2D eigenvalue weighted by Gasteiger charge is -2.17. The van der Waals surface area contributed by atoms with E-state index in [1.54, 1.807) is 26.0 Å². The third-order valence-electron chi connectivity index (χ3n) is 3.46. The third kappa shape index (κ3) is 4.19. The average molecular weight is 342 g/mol. The van der Waals surface area contributed by atoms with Gasteiger partial charge >= 0.3 is 0 Å². The summed E-state index contributed by atoms with van der Waals surface area (Å²) in [5.74, 6) is -6.23. The molecule has 0 spiro atoms. The molecule has 0 heterocycles. The van der Waals surface area contributed by atoms with E-state index in [9.17, 15) is 17.6 Å². The minimum atomic E-state index is -3.12. The fourth-order valence-electron chi connectivity index (χ4n) is 2.12. The van der Waals surface area contributed by atoms with Crippen molar-refractivity contribution in [3.8, 4) is 11.5 Å². The first-order chi connectivity index (χ1) is 11.3. The number of benzene rings is 2. The highest BCUT2D eigenvalue weighted by Crippen LogP contribution is 2.33. The van der Waals surface area contributed by atoms with Gasteiger partial charge in [-0.3, -0.25) is 0 Å². The standard InChI is InChI=1S/C18H18F4O2/c1-3-23-14-8-9-15(17(20)16(14)19)24-11-10-18(21,22)13-6-4-12(2)5-7-13/h4-9H,3,10-11H2,1-2H3. The first kappa shape index (κ1) is 18.1. The molecule has 24 heavy (non-hydrogen) atoms. The number of rotatable bonds is 7. The van der Waals surface area contributed by atoms with Crippen LogP contribution in [0.2, 0.25) is 0 Å². The van der Waals surface area contributed by atoms with Crippen LogP contribution in [0.25, 0.3) is 0 Å². The predicted molar refractivity (Wildman–Crippen MR) is 82.7 cm³/mol. The molecule has 0 aliphatic heterocycles. The first-order valence-corrected chi connectivity index (χ1v) is 7.53. The van der Waals surface area contributed by atoms with Crippen LogP contribution in [0.5, 0.6) is 11.5 Å². The van der Waals surface area contributed by atoms with Crippen LogP contribution in [-0.2, 0) is 5.92 Å². The number of halogens is 4. The Morgan fingerprint density at radius 1 is 0.875 bits per heavy atom. The van der Waals surface area contributed by atoms with Crippen LogP contribution in [-0.4, -0.2) is 13.2 Å². The molecule has 0 saturated heterocycles. The van der Waals surface area contributed by atoms with Crippen molar-refractivity contribution in [1.82, 2.24) is 0 Å². The van der Waals surface area contributed by atoms with Crippen molar-refractivity contribution in [2.75, 3.05) is 13.2 Å². The van der Waals surface area contributed by atoms with Crippen LogP contribution in [0, 0.1) is 18.6 Å². The topological polar surface area (TPSA) is 18.5 Å². The Hall–Kier alpha value is -2.24.